The first-order chi connectivity index (χ1) is 22.9. The number of ether oxygens (including phenoxy) is 2. The molecule has 2 unspecified atom stereocenters. The Balaban J connectivity index is 0.000000426. The van der Waals surface area contributed by atoms with E-state index in [4.69, 9.17) is 14.6 Å². The van der Waals surface area contributed by atoms with Gasteiger partial charge < -0.3 is 19.9 Å². The fraction of sp³-hybridized carbons (Fsp3) is 0.429. The first-order valence-electron chi connectivity index (χ1n) is 15.6. The van der Waals surface area contributed by atoms with Gasteiger partial charge >= 0.3 is 13.1 Å². The largest absolute Gasteiger partial charge is 0.573 e. The van der Waals surface area contributed by atoms with Crippen LogP contribution in [-0.2, 0) is 20.9 Å². The number of amides is 1. The minimum absolute atomic E-state index is 0.232. The summed E-state index contributed by atoms with van der Waals surface area (Å²) in [6.45, 7) is 11.7. The topological polar surface area (TPSA) is 137 Å². The van der Waals surface area contributed by atoms with E-state index in [1.807, 2.05) is 46.9 Å². The second-order valence-corrected chi connectivity index (χ2v) is 13.1. The van der Waals surface area contributed by atoms with E-state index in [9.17, 15) is 23.2 Å². The molecule has 2 aromatic carbocycles. The molecule has 14 heteroatoms. The molecule has 3 aromatic rings. The first kappa shape index (κ1) is 40.7. The number of halogens is 3. The molecule has 0 radical (unpaired) electrons. The number of pyridine rings is 1. The number of alkyl halides is 3. The van der Waals surface area contributed by atoms with Gasteiger partial charge in [0, 0.05) is 31.5 Å². The molecule has 1 amide bonds. The second-order valence-electron chi connectivity index (χ2n) is 13.1. The van der Waals surface area contributed by atoms with Crippen molar-refractivity contribution in [3.8, 4) is 22.8 Å². The summed E-state index contributed by atoms with van der Waals surface area (Å²) in [4.78, 5) is 25.4. The number of carbonyl (C=O) groups excluding carboxylic acids is 1. The van der Waals surface area contributed by atoms with Crippen LogP contribution in [0, 0.1) is 23.6 Å². The minimum Gasteiger partial charge on any atom is -0.483 e. The molecule has 2 atom stereocenters. The summed E-state index contributed by atoms with van der Waals surface area (Å²) in [6.07, 6.45) is -0.869. The van der Waals surface area contributed by atoms with Crippen LogP contribution in [0.15, 0.2) is 73.1 Å². The highest BCUT2D eigenvalue weighted by molar-refractivity contribution is 6.70. The number of carbonyl (C=O) groups is 2. The molecule has 2 heterocycles. The van der Waals surface area contributed by atoms with Crippen molar-refractivity contribution in [2.75, 3.05) is 13.6 Å². The van der Waals surface area contributed by atoms with Gasteiger partial charge in [-0.25, -0.2) is 10.3 Å². The molecule has 1 aromatic heterocycles. The molecule has 4 rings (SSSR count). The molecule has 1 saturated heterocycles. The molecule has 1 aliphatic heterocycles. The summed E-state index contributed by atoms with van der Waals surface area (Å²) in [7, 11) is 1.71. The highest BCUT2D eigenvalue weighted by atomic mass is 19.4. The van der Waals surface area contributed by atoms with Crippen LogP contribution in [0.3, 0.4) is 0 Å². The Morgan fingerprint density at radius 1 is 1.16 bits per heavy atom. The lowest BCUT2D eigenvalue weighted by atomic mass is 9.40. The van der Waals surface area contributed by atoms with Crippen molar-refractivity contribution in [2.45, 2.75) is 78.4 Å². The lowest BCUT2D eigenvalue weighted by Crippen LogP contribution is -2.56. The average Bonchev–Trinajstić information content (AvgIpc) is 3.31. The van der Waals surface area contributed by atoms with Gasteiger partial charge in [0.2, 0.25) is 0 Å². The predicted octanol–water partition coefficient (Wildman–Crippen LogP) is 6.08. The van der Waals surface area contributed by atoms with Crippen LogP contribution in [0.5, 0.6) is 5.75 Å². The molecule has 1 fully saturated rings. The third-order valence-corrected chi connectivity index (χ3v) is 7.65. The van der Waals surface area contributed by atoms with Gasteiger partial charge in [0.25, 0.3) is 12.4 Å². The number of hydrogen-bond donors (Lipinski definition) is 3. The standard InChI is InChI=1S/C22H32BF3N4O3.C12H11N.CH2O2/c1-20(2,3)18(28-6)19(31)29-30(13-17-11-23(14-27)21(4,5)32-17)12-15-7-9-16(10-8-15)33-22(24,25)26;1-10-4-6-11(7-5-10)12-3-2-8-13-9-12;2-1-3/h7-10,17-18,28H,11-13H2,1-6H3,(H,29,31);2-9H,1H3;1H,(H,2,3). The van der Waals surface area contributed by atoms with Crippen LogP contribution in [-0.4, -0.2) is 71.8 Å². The molecule has 0 saturated carbocycles. The zero-order valence-corrected chi connectivity index (χ0v) is 28.9. The van der Waals surface area contributed by atoms with Crippen LogP contribution < -0.4 is 15.5 Å². The Morgan fingerprint density at radius 2 is 1.78 bits per heavy atom. The number of benzene rings is 2. The molecular weight excluding hydrogens is 638 g/mol. The average molecular weight is 684 g/mol. The highest BCUT2D eigenvalue weighted by Gasteiger charge is 2.46. The van der Waals surface area contributed by atoms with Crippen LogP contribution >= 0.6 is 0 Å². The van der Waals surface area contributed by atoms with Crippen molar-refractivity contribution in [3.05, 3.63) is 84.2 Å². The van der Waals surface area contributed by atoms with Crippen molar-refractivity contribution in [2.24, 2.45) is 5.41 Å². The van der Waals surface area contributed by atoms with Gasteiger partial charge in [-0.1, -0.05) is 68.8 Å². The predicted molar refractivity (Wildman–Crippen MR) is 182 cm³/mol. The van der Waals surface area contributed by atoms with E-state index in [2.05, 4.69) is 63.7 Å². The number of rotatable bonds is 9. The van der Waals surface area contributed by atoms with Gasteiger partial charge in [-0.3, -0.25) is 20.0 Å². The highest BCUT2D eigenvalue weighted by Crippen LogP contribution is 2.30. The smallest absolute Gasteiger partial charge is 0.483 e. The Hall–Kier alpha value is -4.45. The molecule has 1 aliphatic rings. The van der Waals surface area contributed by atoms with Crippen molar-refractivity contribution in [1.29, 1.82) is 5.26 Å². The number of nitrogens with one attached hydrogen (secondary N) is 2. The van der Waals surface area contributed by atoms with Gasteiger partial charge in [0.1, 0.15) is 5.75 Å². The van der Waals surface area contributed by atoms with Crippen molar-refractivity contribution in [1.82, 2.24) is 20.7 Å². The second kappa shape index (κ2) is 18.4. The quantitative estimate of drug-likeness (QED) is 0.139. The third-order valence-electron chi connectivity index (χ3n) is 7.65. The molecule has 0 spiro atoms. The number of likely N-dealkylation sites (N-methyl/N-ethyl adjacent to an activating group) is 1. The van der Waals surface area contributed by atoms with Gasteiger partial charge in [-0.05, 0) is 74.4 Å². The van der Waals surface area contributed by atoms with E-state index in [0.717, 1.165) is 0 Å². The van der Waals surface area contributed by atoms with Crippen LogP contribution in [0.4, 0.5) is 13.2 Å². The van der Waals surface area contributed by atoms with Gasteiger partial charge in [0.05, 0.1) is 17.6 Å². The summed E-state index contributed by atoms with van der Waals surface area (Å²) in [5.41, 5.74) is 6.32. The molecule has 0 bridgehead atoms. The van der Waals surface area contributed by atoms with Gasteiger partial charge in [-0.15, -0.1) is 13.2 Å². The zero-order valence-electron chi connectivity index (χ0n) is 28.9. The number of aryl methyl sites for hydroxylation is 1. The lowest BCUT2D eigenvalue weighted by Gasteiger charge is -2.33. The van der Waals surface area contributed by atoms with Crippen molar-refractivity contribution < 1.29 is 37.3 Å². The van der Waals surface area contributed by atoms with Crippen LogP contribution in [0.25, 0.3) is 11.1 Å². The Labute approximate surface area is 286 Å². The molecule has 3 N–H and O–H groups in total. The van der Waals surface area contributed by atoms with E-state index in [0.29, 0.717) is 18.4 Å². The molecule has 49 heavy (non-hydrogen) atoms. The lowest BCUT2D eigenvalue weighted by molar-refractivity contribution is -0.274. The SMILES string of the molecule is CNC(C(=O)NN(Cc1ccc(OC(F)(F)F)cc1)CC1CB(C#N)C(C)(C)O1)C(C)(C)C.Cc1ccc(-c2cccnc2)cc1.O=CO. The number of nitrogens with zero attached hydrogens (tertiary/aromatic N) is 3. The summed E-state index contributed by atoms with van der Waals surface area (Å²) in [5, 5.41) is 21.0. The maximum atomic E-state index is 13.0. The fourth-order valence-electron chi connectivity index (χ4n) is 5.30. The normalized spacial score (nSPS) is 15.9. The number of hydrazine groups is 1. The number of aromatic nitrogens is 1. The van der Waals surface area contributed by atoms with Crippen molar-refractivity contribution >= 4 is 19.1 Å². The maximum Gasteiger partial charge on any atom is 0.573 e. The van der Waals surface area contributed by atoms with E-state index >= 15 is 0 Å². The maximum absolute atomic E-state index is 13.0. The summed E-state index contributed by atoms with van der Waals surface area (Å²) in [6, 6.07) is 17.5. The Morgan fingerprint density at radius 3 is 2.24 bits per heavy atom. The van der Waals surface area contributed by atoms with Gasteiger partial charge in [0.15, 0.2) is 0 Å². The number of carboxylic acid groups (broad SMARTS) is 1. The Bertz CT molecular complexity index is 1500. The first-order valence-corrected chi connectivity index (χ1v) is 15.6. The summed E-state index contributed by atoms with van der Waals surface area (Å²) in [5.74, 6) is 1.72. The molecule has 264 valence electrons. The summed E-state index contributed by atoms with van der Waals surface area (Å²) >= 11 is 0. The van der Waals surface area contributed by atoms with Crippen LogP contribution in [0.1, 0.15) is 45.7 Å². The van der Waals surface area contributed by atoms with E-state index < -0.39 is 17.9 Å². The molecule has 0 aliphatic carbocycles. The zero-order chi connectivity index (χ0) is 36.8. The van der Waals surface area contributed by atoms with Crippen molar-refractivity contribution in [3.63, 3.8) is 0 Å². The molecule has 10 nitrogen and oxygen atoms in total. The van der Waals surface area contributed by atoms with E-state index in [-0.39, 0.29) is 42.9 Å². The number of nitriles is 1. The Kier molecular flexibility index (Phi) is 15.3. The fourth-order valence-corrected chi connectivity index (χ4v) is 5.30. The van der Waals surface area contributed by atoms with Gasteiger partial charge in [-0.2, -0.15) is 0 Å². The minimum atomic E-state index is -4.76. The third kappa shape index (κ3) is 13.9. The van der Waals surface area contributed by atoms with E-state index in [1.165, 1.54) is 41.0 Å². The molecular formula is C35H45BF3N5O5. The van der Waals surface area contributed by atoms with E-state index in [1.54, 1.807) is 18.3 Å². The summed E-state index contributed by atoms with van der Waals surface area (Å²) < 4.78 is 47.3. The van der Waals surface area contributed by atoms with Crippen LogP contribution in [0.2, 0.25) is 6.32 Å². The number of hydrogen-bond acceptors (Lipinski definition) is 8. The monoisotopic (exact) mass is 683 g/mol.